The summed E-state index contributed by atoms with van der Waals surface area (Å²) in [5.74, 6) is 1.24. The second-order valence-electron chi connectivity index (χ2n) is 12.5. The van der Waals surface area contributed by atoms with Crippen molar-refractivity contribution in [2.75, 3.05) is 43.1 Å². The summed E-state index contributed by atoms with van der Waals surface area (Å²) in [6.45, 7) is 5.39. The van der Waals surface area contributed by atoms with Gasteiger partial charge in [-0.3, -0.25) is 9.59 Å². The molecular weight excluding hydrogens is 572 g/mol. The predicted octanol–water partition coefficient (Wildman–Crippen LogP) is 4.40. The molecule has 10 heteroatoms. The fraction of sp³-hybridized carbons (Fsp3) is 0.559. The van der Waals surface area contributed by atoms with E-state index in [0.29, 0.717) is 24.6 Å². The number of piperidine rings is 1. The standard InChI is InChI=1S/C34H48N6O3S/c1-3-31(41)40(27-16-19-39(20-17-27)18-15-24-11-13-26(35)14-12-24)28-8-6-7-25(21-28)22-38(2)32(42)10-5-4-9-30-33-29(23-44-30)36-34(43)37-33/h6-8,11-14,21,27,29-30,33H,3-5,9-10,15-20,22-23,35H2,1-2H3,(H2,36,37,43)/t29-,30-,33-/m0/s1. The second kappa shape index (κ2) is 15.2. The fourth-order valence-corrected chi connectivity index (χ4v) is 8.27. The van der Waals surface area contributed by atoms with Crippen LogP contribution in [0.15, 0.2) is 48.5 Å². The number of fused-ring (bicyclic) bond motifs is 1. The Hall–Kier alpha value is -3.24. The van der Waals surface area contributed by atoms with Gasteiger partial charge in [-0.25, -0.2) is 4.79 Å². The Bertz CT molecular complexity index is 1280. The van der Waals surface area contributed by atoms with E-state index >= 15 is 0 Å². The van der Waals surface area contributed by atoms with Gasteiger partial charge in [0.15, 0.2) is 0 Å². The van der Waals surface area contributed by atoms with Crippen LogP contribution < -0.4 is 21.3 Å². The zero-order valence-electron chi connectivity index (χ0n) is 26.2. The number of nitrogens with two attached hydrogens (primary N) is 1. The maximum atomic E-state index is 13.2. The van der Waals surface area contributed by atoms with Crippen LogP contribution in [-0.4, -0.2) is 83.5 Å². The largest absolute Gasteiger partial charge is 0.399 e. The molecule has 3 saturated heterocycles. The first-order chi connectivity index (χ1) is 21.3. The van der Waals surface area contributed by atoms with E-state index in [4.69, 9.17) is 5.73 Å². The van der Waals surface area contributed by atoms with Gasteiger partial charge in [0.2, 0.25) is 11.8 Å². The Kier molecular flexibility index (Phi) is 11.1. The molecule has 0 saturated carbocycles. The molecule has 0 bridgehead atoms. The van der Waals surface area contributed by atoms with Crippen LogP contribution in [0.3, 0.4) is 0 Å². The van der Waals surface area contributed by atoms with Gasteiger partial charge in [0.1, 0.15) is 0 Å². The molecule has 0 unspecified atom stereocenters. The van der Waals surface area contributed by atoms with Crippen LogP contribution in [0, 0.1) is 0 Å². The third kappa shape index (κ3) is 8.27. The summed E-state index contributed by atoms with van der Waals surface area (Å²) in [4.78, 5) is 44.1. The lowest BCUT2D eigenvalue weighted by molar-refractivity contribution is -0.130. The van der Waals surface area contributed by atoms with E-state index in [0.717, 1.165) is 80.9 Å². The van der Waals surface area contributed by atoms with Crippen molar-refractivity contribution in [1.29, 1.82) is 0 Å². The first-order valence-corrected chi connectivity index (χ1v) is 17.3. The number of hydrogen-bond donors (Lipinski definition) is 3. The topological polar surface area (TPSA) is 111 Å². The normalized spacial score (nSPS) is 21.9. The number of carbonyl (C=O) groups is 3. The Morgan fingerprint density at radius 3 is 2.55 bits per heavy atom. The molecule has 3 fully saturated rings. The number of likely N-dealkylation sites (tertiary alicyclic amines) is 1. The minimum absolute atomic E-state index is 0.0554. The lowest BCUT2D eigenvalue weighted by Gasteiger charge is -2.39. The number of carbonyl (C=O) groups excluding carboxylic acids is 3. The van der Waals surface area contributed by atoms with Crippen molar-refractivity contribution in [1.82, 2.24) is 20.4 Å². The second-order valence-corrected chi connectivity index (χ2v) is 13.7. The van der Waals surface area contributed by atoms with Crippen LogP contribution >= 0.6 is 11.8 Å². The number of nitrogens with zero attached hydrogens (tertiary/aromatic N) is 3. The molecule has 0 aromatic heterocycles. The van der Waals surface area contributed by atoms with Crippen molar-refractivity contribution in [2.24, 2.45) is 0 Å². The highest BCUT2D eigenvalue weighted by molar-refractivity contribution is 8.00. The maximum Gasteiger partial charge on any atom is 0.315 e. The number of hydrogen-bond acceptors (Lipinski definition) is 6. The van der Waals surface area contributed by atoms with Gasteiger partial charge >= 0.3 is 6.03 Å². The molecule has 0 radical (unpaired) electrons. The molecule has 2 aromatic rings. The molecule has 3 atom stereocenters. The Labute approximate surface area is 266 Å². The van der Waals surface area contributed by atoms with E-state index in [1.165, 1.54) is 5.56 Å². The van der Waals surface area contributed by atoms with Crippen molar-refractivity contribution in [2.45, 2.75) is 88.2 Å². The number of benzene rings is 2. The summed E-state index contributed by atoms with van der Waals surface area (Å²) in [6.07, 6.45) is 6.69. The van der Waals surface area contributed by atoms with E-state index in [9.17, 15) is 14.4 Å². The minimum atomic E-state index is -0.0554. The first-order valence-electron chi connectivity index (χ1n) is 16.2. The molecule has 9 nitrogen and oxygen atoms in total. The Balaban J connectivity index is 1.09. The van der Waals surface area contributed by atoms with Gasteiger partial charge in [0.25, 0.3) is 0 Å². The zero-order valence-corrected chi connectivity index (χ0v) is 27.0. The van der Waals surface area contributed by atoms with Crippen molar-refractivity contribution >= 4 is 41.0 Å². The van der Waals surface area contributed by atoms with Gasteiger partial charge < -0.3 is 31.1 Å². The highest BCUT2D eigenvalue weighted by Crippen LogP contribution is 2.33. The van der Waals surface area contributed by atoms with Crippen LogP contribution in [-0.2, 0) is 22.6 Å². The summed E-state index contributed by atoms with van der Waals surface area (Å²) < 4.78 is 0. The molecule has 2 aromatic carbocycles. The summed E-state index contributed by atoms with van der Waals surface area (Å²) >= 11 is 1.92. The Morgan fingerprint density at radius 1 is 1.02 bits per heavy atom. The number of nitrogen functional groups attached to an aromatic ring is 1. The number of amides is 4. The summed E-state index contributed by atoms with van der Waals surface area (Å²) in [5.41, 5.74) is 9.87. The molecule has 4 amide bonds. The van der Waals surface area contributed by atoms with Crippen LogP contribution in [0.4, 0.5) is 16.2 Å². The average molecular weight is 621 g/mol. The van der Waals surface area contributed by atoms with Crippen molar-refractivity contribution in [3.63, 3.8) is 0 Å². The van der Waals surface area contributed by atoms with Gasteiger partial charge in [-0.2, -0.15) is 11.8 Å². The Morgan fingerprint density at radius 2 is 1.80 bits per heavy atom. The number of nitrogens with one attached hydrogen (secondary N) is 2. The van der Waals surface area contributed by atoms with Gasteiger partial charge in [-0.1, -0.05) is 37.6 Å². The fourth-order valence-electron chi connectivity index (χ4n) is 6.72. The number of rotatable bonds is 13. The lowest BCUT2D eigenvalue weighted by atomic mass is 10.0. The van der Waals surface area contributed by atoms with E-state index in [1.54, 1.807) is 4.90 Å². The summed E-state index contributed by atoms with van der Waals surface area (Å²) in [7, 11) is 1.86. The SMILES string of the molecule is CCC(=O)N(c1cccc(CN(C)C(=O)CCCC[C@@H]2SC[C@@H]3NC(=O)N[C@@H]32)c1)C1CCN(CCc2ccc(N)cc2)CC1. The molecule has 3 heterocycles. The number of unbranched alkanes of at least 4 members (excludes halogenated alkanes) is 1. The molecule has 3 aliphatic rings. The van der Waals surface area contributed by atoms with Crippen molar-refractivity contribution in [3.05, 3.63) is 59.7 Å². The third-order valence-corrected chi connectivity index (χ3v) is 10.8. The molecule has 0 spiro atoms. The van der Waals surface area contributed by atoms with E-state index in [1.807, 2.05) is 61.0 Å². The minimum Gasteiger partial charge on any atom is -0.399 e. The zero-order chi connectivity index (χ0) is 31.1. The van der Waals surface area contributed by atoms with Crippen LogP contribution in [0.25, 0.3) is 0 Å². The highest BCUT2D eigenvalue weighted by Gasteiger charge is 2.42. The third-order valence-electron chi connectivity index (χ3n) is 9.29. The molecule has 4 N–H and O–H groups in total. The smallest absolute Gasteiger partial charge is 0.315 e. The van der Waals surface area contributed by atoms with Gasteiger partial charge in [-0.15, -0.1) is 0 Å². The summed E-state index contributed by atoms with van der Waals surface area (Å²) in [6, 6.07) is 16.8. The quantitative estimate of drug-likeness (QED) is 0.174. The molecule has 0 aliphatic carbocycles. The number of urea groups is 1. The van der Waals surface area contributed by atoms with Crippen molar-refractivity contribution in [3.8, 4) is 0 Å². The lowest BCUT2D eigenvalue weighted by Crippen LogP contribution is -2.48. The van der Waals surface area contributed by atoms with Gasteiger partial charge in [-0.05, 0) is 67.5 Å². The highest BCUT2D eigenvalue weighted by atomic mass is 32.2. The molecular formula is C34H48N6O3S. The monoisotopic (exact) mass is 620 g/mol. The first kappa shape index (κ1) is 32.2. The van der Waals surface area contributed by atoms with Crippen LogP contribution in [0.5, 0.6) is 0 Å². The van der Waals surface area contributed by atoms with Crippen LogP contribution in [0.1, 0.15) is 63.0 Å². The number of thioether (sulfide) groups is 1. The maximum absolute atomic E-state index is 13.2. The molecule has 3 aliphatic heterocycles. The molecule has 44 heavy (non-hydrogen) atoms. The number of anilines is 2. The van der Waals surface area contributed by atoms with E-state index < -0.39 is 0 Å². The van der Waals surface area contributed by atoms with Gasteiger partial charge in [0.05, 0.1) is 12.1 Å². The van der Waals surface area contributed by atoms with Crippen LogP contribution in [0.2, 0.25) is 0 Å². The average Bonchev–Trinajstić information content (AvgIpc) is 3.58. The summed E-state index contributed by atoms with van der Waals surface area (Å²) in [5, 5.41) is 6.45. The van der Waals surface area contributed by atoms with Gasteiger partial charge in [0, 0.05) is 74.5 Å². The van der Waals surface area contributed by atoms with E-state index in [-0.39, 0.29) is 36.0 Å². The molecule has 5 rings (SSSR count). The van der Waals surface area contributed by atoms with Crippen molar-refractivity contribution < 1.29 is 14.4 Å². The predicted molar refractivity (Wildman–Crippen MR) is 179 cm³/mol. The molecule has 238 valence electrons. The van der Waals surface area contributed by atoms with E-state index in [2.05, 4.69) is 33.7 Å².